The molecule has 2 rings (SSSR count). The maximum absolute atomic E-state index is 9.53. The first-order valence-corrected chi connectivity index (χ1v) is 6.17. The number of rotatable bonds is 4. The Morgan fingerprint density at radius 3 is 2.58 bits per heavy atom. The molecule has 19 heavy (non-hydrogen) atoms. The molecule has 1 unspecified atom stereocenters. The summed E-state index contributed by atoms with van der Waals surface area (Å²) in [5, 5.41) is 21.9. The zero-order chi connectivity index (χ0) is 13.7. The van der Waals surface area contributed by atoms with Gasteiger partial charge in [-0.15, -0.1) is 0 Å². The number of anilines is 1. The van der Waals surface area contributed by atoms with E-state index in [1.807, 2.05) is 49.4 Å². The van der Waals surface area contributed by atoms with Crippen LogP contribution in [0.25, 0.3) is 0 Å². The summed E-state index contributed by atoms with van der Waals surface area (Å²) >= 11 is 0. The average molecular weight is 252 g/mol. The van der Waals surface area contributed by atoms with E-state index in [9.17, 15) is 5.11 Å². The van der Waals surface area contributed by atoms with Crippen LogP contribution < -0.4 is 5.32 Å². The molecule has 2 N–H and O–H groups in total. The third-order valence-corrected chi connectivity index (χ3v) is 3.01. The first-order chi connectivity index (χ1) is 9.24. The van der Waals surface area contributed by atoms with E-state index in [2.05, 4.69) is 11.4 Å². The van der Waals surface area contributed by atoms with Crippen molar-refractivity contribution in [3.63, 3.8) is 0 Å². The summed E-state index contributed by atoms with van der Waals surface area (Å²) in [4.78, 5) is 0. The lowest BCUT2D eigenvalue weighted by atomic mass is 10.1. The Kier molecular flexibility index (Phi) is 4.17. The summed E-state index contributed by atoms with van der Waals surface area (Å²) in [6, 6.07) is 17.3. The van der Waals surface area contributed by atoms with Crippen LogP contribution in [-0.2, 0) is 0 Å². The van der Waals surface area contributed by atoms with Crippen LogP contribution >= 0.6 is 0 Å². The van der Waals surface area contributed by atoms with Gasteiger partial charge in [0.15, 0.2) is 0 Å². The van der Waals surface area contributed by atoms with Gasteiger partial charge in [-0.25, -0.2) is 0 Å². The van der Waals surface area contributed by atoms with Crippen LogP contribution in [0.5, 0.6) is 0 Å². The quantitative estimate of drug-likeness (QED) is 0.879. The minimum absolute atomic E-state index is 0.0250. The van der Waals surface area contributed by atoms with E-state index >= 15 is 0 Å². The highest BCUT2D eigenvalue weighted by Crippen LogP contribution is 2.23. The van der Waals surface area contributed by atoms with E-state index in [1.54, 1.807) is 6.07 Å². The van der Waals surface area contributed by atoms with Crippen molar-refractivity contribution < 1.29 is 5.11 Å². The second-order valence-corrected chi connectivity index (χ2v) is 4.45. The van der Waals surface area contributed by atoms with Crippen LogP contribution in [0.2, 0.25) is 0 Å². The number of aryl methyl sites for hydroxylation is 1. The molecule has 3 heteroatoms. The monoisotopic (exact) mass is 252 g/mol. The standard InChI is InChI=1S/C16H16N2O/c1-12-7-8-14(10-17)15(9-12)18-16(11-19)13-5-3-2-4-6-13/h2-9,16,18-19H,11H2,1H3. The first-order valence-electron chi connectivity index (χ1n) is 6.17. The van der Waals surface area contributed by atoms with E-state index in [0.717, 1.165) is 16.8 Å². The number of nitrogens with one attached hydrogen (secondary N) is 1. The smallest absolute Gasteiger partial charge is 0.101 e. The maximum atomic E-state index is 9.53. The fraction of sp³-hybridized carbons (Fsp3) is 0.188. The number of hydrogen-bond donors (Lipinski definition) is 2. The number of aliphatic hydroxyl groups is 1. The van der Waals surface area contributed by atoms with Crippen molar-refractivity contribution in [1.82, 2.24) is 0 Å². The normalized spacial score (nSPS) is 11.6. The van der Waals surface area contributed by atoms with Crippen molar-refractivity contribution in [2.45, 2.75) is 13.0 Å². The highest BCUT2D eigenvalue weighted by molar-refractivity contribution is 5.59. The summed E-state index contributed by atoms with van der Waals surface area (Å²) in [6.45, 7) is 1.95. The summed E-state index contributed by atoms with van der Waals surface area (Å²) < 4.78 is 0. The Labute approximate surface area is 113 Å². The Morgan fingerprint density at radius 1 is 1.21 bits per heavy atom. The van der Waals surface area contributed by atoms with Gasteiger partial charge in [0, 0.05) is 0 Å². The largest absolute Gasteiger partial charge is 0.394 e. The van der Waals surface area contributed by atoms with Crippen molar-refractivity contribution in [2.24, 2.45) is 0 Å². The number of aliphatic hydroxyl groups excluding tert-OH is 1. The molecule has 0 bridgehead atoms. The van der Waals surface area contributed by atoms with Crippen molar-refractivity contribution in [3.05, 3.63) is 65.2 Å². The molecule has 2 aromatic carbocycles. The molecule has 0 aromatic heterocycles. The molecule has 0 spiro atoms. The van der Waals surface area contributed by atoms with Crippen LogP contribution in [0.1, 0.15) is 22.7 Å². The minimum Gasteiger partial charge on any atom is -0.394 e. The minimum atomic E-state index is -0.213. The van der Waals surface area contributed by atoms with E-state index < -0.39 is 0 Å². The third kappa shape index (κ3) is 3.12. The molecule has 0 aliphatic carbocycles. The number of benzene rings is 2. The Morgan fingerprint density at radius 2 is 1.95 bits per heavy atom. The van der Waals surface area contributed by atoms with Crippen LogP contribution in [0.15, 0.2) is 48.5 Å². The molecule has 0 radical (unpaired) electrons. The molecule has 0 amide bonds. The van der Waals surface area contributed by atoms with Gasteiger partial charge in [0.25, 0.3) is 0 Å². The molecule has 0 aliphatic rings. The maximum Gasteiger partial charge on any atom is 0.101 e. The SMILES string of the molecule is Cc1ccc(C#N)c(NC(CO)c2ccccc2)c1. The van der Waals surface area contributed by atoms with Crippen LogP contribution in [0.3, 0.4) is 0 Å². The highest BCUT2D eigenvalue weighted by Gasteiger charge is 2.12. The van der Waals surface area contributed by atoms with Gasteiger partial charge in [-0.3, -0.25) is 0 Å². The van der Waals surface area contributed by atoms with Crippen LogP contribution in [-0.4, -0.2) is 11.7 Å². The predicted molar refractivity (Wildman–Crippen MR) is 75.8 cm³/mol. The van der Waals surface area contributed by atoms with Gasteiger partial charge in [-0.1, -0.05) is 36.4 Å². The lowest BCUT2D eigenvalue weighted by Gasteiger charge is -2.19. The molecule has 1 atom stereocenters. The lowest BCUT2D eigenvalue weighted by molar-refractivity contribution is 0.276. The zero-order valence-electron chi connectivity index (χ0n) is 10.8. The highest BCUT2D eigenvalue weighted by atomic mass is 16.3. The van der Waals surface area contributed by atoms with Gasteiger partial charge in [-0.05, 0) is 30.2 Å². The molecule has 3 nitrogen and oxygen atoms in total. The Bertz CT molecular complexity index is 587. The van der Waals surface area contributed by atoms with Crippen molar-refractivity contribution >= 4 is 5.69 Å². The second-order valence-electron chi connectivity index (χ2n) is 4.45. The van der Waals surface area contributed by atoms with Crippen molar-refractivity contribution in [3.8, 4) is 6.07 Å². The van der Waals surface area contributed by atoms with Crippen LogP contribution in [0, 0.1) is 18.3 Å². The average Bonchev–Trinajstić information content (AvgIpc) is 2.46. The zero-order valence-corrected chi connectivity index (χ0v) is 10.8. The van der Waals surface area contributed by atoms with Gasteiger partial charge in [0.1, 0.15) is 6.07 Å². The number of hydrogen-bond acceptors (Lipinski definition) is 3. The number of nitrogens with zero attached hydrogens (tertiary/aromatic N) is 1. The van der Waals surface area contributed by atoms with Gasteiger partial charge in [-0.2, -0.15) is 5.26 Å². The molecule has 96 valence electrons. The predicted octanol–water partition coefficient (Wildman–Crippen LogP) is 3.01. The Hall–Kier alpha value is -2.31. The topological polar surface area (TPSA) is 56.0 Å². The van der Waals surface area contributed by atoms with E-state index in [0.29, 0.717) is 5.56 Å². The van der Waals surface area contributed by atoms with E-state index in [-0.39, 0.29) is 12.6 Å². The van der Waals surface area contributed by atoms with E-state index in [4.69, 9.17) is 5.26 Å². The summed E-state index contributed by atoms with van der Waals surface area (Å²) in [6.07, 6.45) is 0. The van der Waals surface area contributed by atoms with Gasteiger partial charge in [0.05, 0.1) is 23.9 Å². The van der Waals surface area contributed by atoms with Crippen molar-refractivity contribution in [1.29, 1.82) is 5.26 Å². The molecule has 0 saturated carbocycles. The summed E-state index contributed by atoms with van der Waals surface area (Å²) in [7, 11) is 0. The van der Waals surface area contributed by atoms with Crippen LogP contribution in [0.4, 0.5) is 5.69 Å². The summed E-state index contributed by atoms with van der Waals surface area (Å²) in [5.74, 6) is 0. The fourth-order valence-corrected chi connectivity index (χ4v) is 1.98. The second kappa shape index (κ2) is 6.03. The molecule has 0 saturated heterocycles. The number of nitriles is 1. The molecular formula is C16H16N2O. The van der Waals surface area contributed by atoms with E-state index in [1.165, 1.54) is 0 Å². The summed E-state index contributed by atoms with van der Waals surface area (Å²) in [5.41, 5.74) is 3.41. The fourth-order valence-electron chi connectivity index (χ4n) is 1.98. The van der Waals surface area contributed by atoms with Gasteiger partial charge in [0.2, 0.25) is 0 Å². The molecular weight excluding hydrogens is 236 g/mol. The van der Waals surface area contributed by atoms with Gasteiger partial charge >= 0.3 is 0 Å². The molecule has 0 heterocycles. The first kappa shape index (κ1) is 13.1. The molecule has 0 aliphatic heterocycles. The third-order valence-electron chi connectivity index (χ3n) is 3.01. The van der Waals surface area contributed by atoms with Crippen molar-refractivity contribution in [2.75, 3.05) is 11.9 Å². The molecule has 0 fully saturated rings. The Balaban J connectivity index is 2.29. The van der Waals surface area contributed by atoms with Gasteiger partial charge < -0.3 is 10.4 Å². The molecule has 2 aromatic rings. The lowest BCUT2D eigenvalue weighted by Crippen LogP contribution is -2.15.